The summed E-state index contributed by atoms with van der Waals surface area (Å²) in [5.41, 5.74) is -0.219. The second-order valence-corrected chi connectivity index (χ2v) is 4.27. The fourth-order valence-corrected chi connectivity index (χ4v) is 1.42. The van der Waals surface area contributed by atoms with Crippen LogP contribution < -0.4 is 15.8 Å². The number of aromatic amines is 1. The van der Waals surface area contributed by atoms with Crippen LogP contribution in [0.3, 0.4) is 0 Å². The number of aromatic nitrogens is 2. The minimum atomic E-state index is -0.219. The van der Waals surface area contributed by atoms with Gasteiger partial charge in [0.05, 0.1) is 6.54 Å². The molecule has 0 atom stereocenters. The smallest absolute Gasteiger partial charge is 0.252 e. The molecule has 0 aliphatic heterocycles. The van der Waals surface area contributed by atoms with E-state index in [9.17, 15) is 9.59 Å². The van der Waals surface area contributed by atoms with Gasteiger partial charge in [-0.1, -0.05) is 0 Å². The first kappa shape index (κ1) is 13.2. The molecule has 1 aromatic rings. The minimum absolute atomic E-state index is 0.0952. The van der Waals surface area contributed by atoms with Crippen molar-refractivity contribution in [3.05, 3.63) is 22.2 Å². The van der Waals surface area contributed by atoms with E-state index in [4.69, 9.17) is 0 Å². The Morgan fingerprint density at radius 3 is 2.76 bits per heavy atom. The molecule has 0 saturated heterocycles. The summed E-state index contributed by atoms with van der Waals surface area (Å²) >= 11 is 0. The number of amides is 1. The highest BCUT2D eigenvalue weighted by atomic mass is 16.2. The van der Waals surface area contributed by atoms with Crippen LogP contribution in [-0.4, -0.2) is 35.5 Å². The first-order valence-electron chi connectivity index (χ1n) is 5.47. The van der Waals surface area contributed by atoms with Gasteiger partial charge in [0.1, 0.15) is 11.6 Å². The third-order valence-electron chi connectivity index (χ3n) is 2.07. The van der Waals surface area contributed by atoms with Crippen LogP contribution in [0.5, 0.6) is 0 Å². The summed E-state index contributed by atoms with van der Waals surface area (Å²) in [6.45, 7) is 5.67. The van der Waals surface area contributed by atoms with Gasteiger partial charge in [-0.05, 0) is 20.8 Å². The lowest BCUT2D eigenvalue weighted by Crippen LogP contribution is -2.39. The molecule has 0 aliphatic carbocycles. The standard InChI is InChI=1S/C11H18N4O2/c1-7(2)12-11(17)6-15(4)9-5-10(16)14-8(3)13-9/h5,7H,6H2,1-4H3,(H,12,17)(H,13,14,16). The summed E-state index contributed by atoms with van der Waals surface area (Å²) in [7, 11) is 1.72. The number of hydrogen-bond donors (Lipinski definition) is 2. The molecule has 1 aromatic heterocycles. The molecule has 6 nitrogen and oxygen atoms in total. The summed E-state index contributed by atoms with van der Waals surface area (Å²) < 4.78 is 0. The number of nitrogens with zero attached hydrogens (tertiary/aromatic N) is 2. The molecule has 0 fully saturated rings. The zero-order valence-electron chi connectivity index (χ0n) is 10.6. The van der Waals surface area contributed by atoms with Crippen LogP contribution in [0.4, 0.5) is 5.82 Å². The number of H-pyrrole nitrogens is 1. The molecule has 6 heteroatoms. The highest BCUT2D eigenvalue weighted by Crippen LogP contribution is 2.04. The normalized spacial score (nSPS) is 10.4. The minimum Gasteiger partial charge on any atom is -0.352 e. The van der Waals surface area contributed by atoms with Gasteiger partial charge in [0.15, 0.2) is 0 Å². The average Bonchev–Trinajstić information content (AvgIpc) is 2.14. The molecule has 0 unspecified atom stereocenters. The molecule has 0 saturated carbocycles. The average molecular weight is 238 g/mol. The number of carbonyl (C=O) groups excluding carboxylic acids is 1. The molecule has 1 rings (SSSR count). The van der Waals surface area contributed by atoms with Gasteiger partial charge in [-0.2, -0.15) is 0 Å². The summed E-state index contributed by atoms with van der Waals surface area (Å²) in [4.78, 5) is 31.1. The third-order valence-corrected chi connectivity index (χ3v) is 2.07. The number of nitrogens with one attached hydrogen (secondary N) is 2. The van der Waals surface area contributed by atoms with Crippen molar-refractivity contribution in [2.45, 2.75) is 26.8 Å². The fourth-order valence-electron chi connectivity index (χ4n) is 1.42. The largest absolute Gasteiger partial charge is 0.352 e. The lowest BCUT2D eigenvalue weighted by atomic mass is 10.4. The number of likely N-dealkylation sites (N-methyl/N-ethyl adjacent to an activating group) is 1. The van der Waals surface area contributed by atoms with Crippen molar-refractivity contribution in [1.82, 2.24) is 15.3 Å². The number of carbonyl (C=O) groups is 1. The van der Waals surface area contributed by atoms with Crippen molar-refractivity contribution in [1.29, 1.82) is 0 Å². The molecular weight excluding hydrogens is 220 g/mol. The monoisotopic (exact) mass is 238 g/mol. The topological polar surface area (TPSA) is 78.1 Å². The maximum absolute atomic E-state index is 11.5. The highest BCUT2D eigenvalue weighted by Gasteiger charge is 2.10. The lowest BCUT2D eigenvalue weighted by molar-refractivity contribution is -0.120. The Morgan fingerprint density at radius 2 is 2.24 bits per heavy atom. The lowest BCUT2D eigenvalue weighted by Gasteiger charge is -2.18. The first-order valence-corrected chi connectivity index (χ1v) is 5.47. The molecular formula is C11H18N4O2. The molecule has 0 radical (unpaired) electrons. The van der Waals surface area contributed by atoms with E-state index in [1.165, 1.54) is 6.07 Å². The second kappa shape index (κ2) is 5.47. The Hall–Kier alpha value is -1.85. The van der Waals surface area contributed by atoms with Crippen molar-refractivity contribution in [2.24, 2.45) is 0 Å². The van der Waals surface area contributed by atoms with Gasteiger partial charge in [-0.15, -0.1) is 0 Å². The number of rotatable bonds is 4. The highest BCUT2D eigenvalue weighted by molar-refractivity contribution is 5.81. The van der Waals surface area contributed by atoms with Crippen molar-refractivity contribution in [3.63, 3.8) is 0 Å². The number of anilines is 1. The van der Waals surface area contributed by atoms with Gasteiger partial charge in [-0.3, -0.25) is 9.59 Å². The molecule has 0 aromatic carbocycles. The van der Waals surface area contributed by atoms with Crippen LogP contribution in [0.25, 0.3) is 0 Å². The molecule has 2 N–H and O–H groups in total. The second-order valence-electron chi connectivity index (χ2n) is 4.27. The van der Waals surface area contributed by atoms with Crippen LogP contribution in [-0.2, 0) is 4.79 Å². The Labute approximate surface area is 100 Å². The van der Waals surface area contributed by atoms with Gasteiger partial charge < -0.3 is 15.2 Å². The summed E-state index contributed by atoms with van der Waals surface area (Å²) in [6.07, 6.45) is 0. The van der Waals surface area contributed by atoms with Crippen LogP contribution in [0, 0.1) is 6.92 Å². The van der Waals surface area contributed by atoms with Crippen molar-refractivity contribution in [2.75, 3.05) is 18.5 Å². The van der Waals surface area contributed by atoms with Crippen LogP contribution in [0.15, 0.2) is 10.9 Å². The quantitative estimate of drug-likeness (QED) is 0.776. The van der Waals surface area contributed by atoms with E-state index in [-0.39, 0.29) is 24.1 Å². The van der Waals surface area contributed by atoms with E-state index < -0.39 is 0 Å². The van der Waals surface area contributed by atoms with E-state index in [0.717, 1.165) is 0 Å². The zero-order valence-corrected chi connectivity index (χ0v) is 10.6. The molecule has 0 aliphatic rings. The van der Waals surface area contributed by atoms with Crippen molar-refractivity contribution >= 4 is 11.7 Å². The van der Waals surface area contributed by atoms with Gasteiger partial charge in [0, 0.05) is 19.2 Å². The molecule has 0 spiro atoms. The Balaban J connectivity index is 2.72. The van der Waals surface area contributed by atoms with Crippen LogP contribution in [0.1, 0.15) is 19.7 Å². The maximum Gasteiger partial charge on any atom is 0.252 e. The summed E-state index contributed by atoms with van der Waals surface area (Å²) in [5, 5.41) is 2.78. The number of hydrogen-bond acceptors (Lipinski definition) is 4. The van der Waals surface area contributed by atoms with E-state index in [1.807, 2.05) is 13.8 Å². The van der Waals surface area contributed by atoms with E-state index >= 15 is 0 Å². The Kier molecular flexibility index (Phi) is 4.25. The van der Waals surface area contributed by atoms with Crippen molar-refractivity contribution < 1.29 is 4.79 Å². The first-order chi connectivity index (χ1) is 7.88. The zero-order chi connectivity index (χ0) is 13.0. The molecule has 1 heterocycles. The Bertz CT molecular complexity index is 453. The van der Waals surface area contributed by atoms with Crippen LogP contribution >= 0.6 is 0 Å². The van der Waals surface area contributed by atoms with Crippen molar-refractivity contribution in [3.8, 4) is 0 Å². The summed E-state index contributed by atoms with van der Waals surface area (Å²) in [6, 6.07) is 1.47. The van der Waals surface area contributed by atoms with Gasteiger partial charge >= 0.3 is 0 Å². The SMILES string of the molecule is Cc1nc(N(C)CC(=O)NC(C)C)cc(=O)[nH]1. The summed E-state index contributed by atoms with van der Waals surface area (Å²) in [5.74, 6) is 0.927. The molecule has 94 valence electrons. The third kappa shape index (κ3) is 4.26. The molecule has 0 bridgehead atoms. The maximum atomic E-state index is 11.5. The molecule has 1 amide bonds. The molecule has 17 heavy (non-hydrogen) atoms. The predicted octanol–water partition coefficient (Wildman–Crippen LogP) is 0.0391. The van der Waals surface area contributed by atoms with Gasteiger partial charge in [0.25, 0.3) is 5.56 Å². The predicted molar refractivity (Wildman–Crippen MR) is 66.1 cm³/mol. The van der Waals surface area contributed by atoms with Gasteiger partial charge in [0.2, 0.25) is 5.91 Å². The number of aryl methyl sites for hydroxylation is 1. The van der Waals surface area contributed by atoms with E-state index in [1.54, 1.807) is 18.9 Å². The van der Waals surface area contributed by atoms with Gasteiger partial charge in [-0.25, -0.2) is 4.98 Å². The van der Waals surface area contributed by atoms with E-state index in [0.29, 0.717) is 11.6 Å². The van der Waals surface area contributed by atoms with E-state index in [2.05, 4.69) is 15.3 Å². The Morgan fingerprint density at radius 1 is 1.59 bits per heavy atom. The van der Waals surface area contributed by atoms with Crippen LogP contribution in [0.2, 0.25) is 0 Å². The fraction of sp³-hybridized carbons (Fsp3) is 0.545.